The van der Waals surface area contributed by atoms with Crippen LogP contribution in [0.15, 0.2) is 52.2 Å². The molecule has 1 aliphatic rings. The highest BCUT2D eigenvalue weighted by molar-refractivity contribution is 7.52. The summed E-state index contributed by atoms with van der Waals surface area (Å²) in [7, 11) is -2.85. The lowest BCUT2D eigenvalue weighted by atomic mass is 9.90. The molecule has 7 atom stereocenters. The number of nitrogens with one attached hydrogen (secondary N) is 2. The smallest absolute Gasteiger partial charge is 0.459 e. The van der Waals surface area contributed by atoms with Gasteiger partial charge in [-0.15, -0.1) is 0 Å². The molecule has 5 unspecified atom stereocenters. The number of hydrogen-bond acceptors (Lipinski definition) is 8. The normalized spacial score (nSPS) is 25.8. The zero-order valence-corrected chi connectivity index (χ0v) is 20.6. The topological polar surface area (TPSA) is 138 Å². The maximum Gasteiger partial charge on any atom is 0.459 e. The number of esters is 1. The minimum atomic E-state index is -4.07. The molecule has 0 aliphatic carbocycles. The molecule has 12 heteroatoms. The van der Waals surface area contributed by atoms with Gasteiger partial charge in [0.15, 0.2) is 0 Å². The molecule has 1 aromatic carbocycles. The van der Waals surface area contributed by atoms with Crippen LogP contribution in [0.2, 0.25) is 0 Å². The summed E-state index contributed by atoms with van der Waals surface area (Å²) >= 11 is 0. The van der Waals surface area contributed by atoms with Gasteiger partial charge in [0.2, 0.25) is 0 Å². The Kier molecular flexibility index (Phi) is 8.14. The molecule has 1 aromatic heterocycles. The van der Waals surface area contributed by atoms with Crippen molar-refractivity contribution in [3.63, 3.8) is 0 Å². The van der Waals surface area contributed by atoms with Crippen molar-refractivity contribution in [1.29, 1.82) is 0 Å². The number of aromatic nitrogens is 2. The molecule has 0 saturated carbocycles. The third-order valence-corrected chi connectivity index (χ3v) is 7.63. The highest BCUT2D eigenvalue weighted by atomic mass is 31.2. The van der Waals surface area contributed by atoms with Crippen molar-refractivity contribution >= 4 is 13.7 Å². The van der Waals surface area contributed by atoms with Crippen LogP contribution in [0.5, 0.6) is 5.75 Å². The van der Waals surface area contributed by atoms with E-state index >= 15 is 0 Å². The van der Waals surface area contributed by atoms with Gasteiger partial charge >= 0.3 is 19.4 Å². The van der Waals surface area contributed by atoms with Gasteiger partial charge in [0.05, 0.1) is 19.3 Å². The van der Waals surface area contributed by atoms with Crippen molar-refractivity contribution in [1.82, 2.24) is 14.6 Å². The third-order valence-electron chi connectivity index (χ3n) is 5.86. The predicted octanol–water partition coefficient (Wildman–Crippen LogP) is 2.45. The zero-order valence-electron chi connectivity index (χ0n) is 19.7. The van der Waals surface area contributed by atoms with E-state index in [2.05, 4.69) is 10.1 Å². The van der Waals surface area contributed by atoms with Gasteiger partial charge in [0, 0.05) is 18.2 Å². The Morgan fingerprint density at radius 1 is 1.15 bits per heavy atom. The number of H-pyrrole nitrogens is 1. The molecule has 11 nitrogen and oxygen atoms in total. The monoisotopic (exact) mass is 495 g/mol. The molecule has 1 saturated heterocycles. The molecular weight excluding hydrogens is 465 g/mol. The fourth-order valence-corrected chi connectivity index (χ4v) is 5.59. The van der Waals surface area contributed by atoms with Crippen molar-refractivity contribution in [2.75, 3.05) is 7.11 Å². The second-order valence-electron chi connectivity index (χ2n) is 8.31. The van der Waals surface area contributed by atoms with Gasteiger partial charge in [0.25, 0.3) is 5.56 Å². The molecule has 1 fully saturated rings. The van der Waals surface area contributed by atoms with Gasteiger partial charge in [-0.3, -0.25) is 23.7 Å². The first-order chi connectivity index (χ1) is 16.0. The summed E-state index contributed by atoms with van der Waals surface area (Å²) in [5.41, 5.74) is -1.09. The molecule has 0 radical (unpaired) electrons. The van der Waals surface area contributed by atoms with Crippen LogP contribution in [-0.4, -0.2) is 40.9 Å². The van der Waals surface area contributed by atoms with Crippen molar-refractivity contribution < 1.29 is 27.9 Å². The number of carbonyl (C=O) groups is 1. The summed E-state index contributed by atoms with van der Waals surface area (Å²) in [5.74, 6) is -0.586. The van der Waals surface area contributed by atoms with Gasteiger partial charge < -0.3 is 14.0 Å². The largest absolute Gasteiger partial charge is 0.468 e. The number of aromatic amines is 1. The van der Waals surface area contributed by atoms with E-state index in [1.54, 1.807) is 37.3 Å². The first-order valence-electron chi connectivity index (χ1n) is 10.9. The highest BCUT2D eigenvalue weighted by Gasteiger charge is 2.46. The minimum absolute atomic E-state index is 0.109. The molecule has 3 rings (SSSR count). The lowest BCUT2D eigenvalue weighted by molar-refractivity contribution is -0.142. The molecule has 0 spiro atoms. The maximum atomic E-state index is 13.7. The average Bonchev–Trinajstić information content (AvgIpc) is 3.08. The number of rotatable bonds is 9. The molecule has 0 amide bonds. The van der Waals surface area contributed by atoms with Crippen LogP contribution in [0.1, 0.15) is 33.9 Å². The fourth-order valence-electron chi connectivity index (χ4n) is 3.90. The number of para-hydroxylation sites is 1. The summed E-state index contributed by atoms with van der Waals surface area (Å²) in [6.45, 7) is 7.00. The molecule has 2 heterocycles. The fraction of sp³-hybridized carbons (Fsp3) is 0.500. The van der Waals surface area contributed by atoms with Crippen LogP contribution in [0.3, 0.4) is 0 Å². The molecule has 2 aromatic rings. The number of hydrogen-bond donors (Lipinski definition) is 2. The van der Waals surface area contributed by atoms with E-state index in [4.69, 9.17) is 18.5 Å². The van der Waals surface area contributed by atoms with Gasteiger partial charge in [-0.2, -0.15) is 5.09 Å². The number of nitrogens with zero attached hydrogens (tertiary/aromatic N) is 1. The molecule has 0 bridgehead atoms. The van der Waals surface area contributed by atoms with E-state index < -0.39 is 49.4 Å². The molecule has 34 heavy (non-hydrogen) atoms. The summed E-state index contributed by atoms with van der Waals surface area (Å²) in [6.07, 6.45) is -0.604. The van der Waals surface area contributed by atoms with Crippen molar-refractivity contribution in [2.24, 2.45) is 11.8 Å². The predicted molar refractivity (Wildman–Crippen MR) is 123 cm³/mol. The number of benzene rings is 1. The second kappa shape index (κ2) is 10.7. The number of ether oxygens (including phenoxy) is 2. The number of methoxy groups -OCH3 is 1. The Balaban J connectivity index is 1.82. The number of carbonyl (C=O) groups excluding carboxylic acids is 1. The van der Waals surface area contributed by atoms with Gasteiger partial charge in [0.1, 0.15) is 18.0 Å². The van der Waals surface area contributed by atoms with Gasteiger partial charge in [-0.1, -0.05) is 32.0 Å². The van der Waals surface area contributed by atoms with Crippen LogP contribution in [0.25, 0.3) is 0 Å². The summed E-state index contributed by atoms with van der Waals surface area (Å²) in [4.78, 5) is 37.9. The third kappa shape index (κ3) is 5.85. The van der Waals surface area contributed by atoms with Crippen LogP contribution in [0, 0.1) is 11.8 Å². The molecular formula is C22H30N3O8P. The van der Waals surface area contributed by atoms with E-state index in [0.29, 0.717) is 0 Å². The summed E-state index contributed by atoms with van der Waals surface area (Å²) < 4.78 is 37.4. The Bertz CT molecular complexity index is 1150. The van der Waals surface area contributed by atoms with Crippen LogP contribution >= 0.6 is 7.75 Å². The van der Waals surface area contributed by atoms with Crippen molar-refractivity contribution in [3.8, 4) is 5.75 Å². The second-order valence-corrected chi connectivity index (χ2v) is 9.96. The van der Waals surface area contributed by atoms with E-state index in [1.165, 1.54) is 30.9 Å². The quantitative estimate of drug-likeness (QED) is 0.397. The van der Waals surface area contributed by atoms with Crippen LogP contribution < -0.4 is 20.9 Å². The van der Waals surface area contributed by atoms with Crippen LogP contribution in [0.4, 0.5) is 0 Å². The Labute approximate surface area is 197 Å². The first kappa shape index (κ1) is 25.9. The lowest BCUT2D eigenvalue weighted by Crippen LogP contribution is -2.38. The Morgan fingerprint density at radius 3 is 2.44 bits per heavy atom. The summed E-state index contributed by atoms with van der Waals surface area (Å²) in [5, 5.41) is 2.62. The lowest BCUT2D eigenvalue weighted by Gasteiger charge is -2.29. The highest BCUT2D eigenvalue weighted by Crippen LogP contribution is 2.49. The average molecular weight is 495 g/mol. The SMILES string of the molecule is COC(=O)C(C)NP(=O)(Oc1ccccc1)OC(C)[C@H]1O[C@@H](n2ccc(=O)[nH]c2=O)C(C)C1C. The molecule has 2 N–H and O–H groups in total. The van der Waals surface area contributed by atoms with Gasteiger partial charge in [-0.05, 0) is 31.9 Å². The Hall–Kier alpha value is -2.72. The van der Waals surface area contributed by atoms with Gasteiger partial charge in [-0.25, -0.2) is 9.36 Å². The molecule has 186 valence electrons. The van der Waals surface area contributed by atoms with Crippen molar-refractivity contribution in [3.05, 3.63) is 63.4 Å². The van der Waals surface area contributed by atoms with Crippen LogP contribution in [-0.2, 0) is 23.4 Å². The molecule has 1 aliphatic heterocycles. The standard InChI is InChI=1S/C22H30N3O8P/c1-13-14(2)20(25-12-11-18(26)23-22(25)28)31-19(13)16(4)32-34(29,24-15(3)21(27)30-5)33-17-9-7-6-8-10-17/h6-16,19-20H,1-5H3,(H,24,29)(H,23,26,28)/t13?,14?,15?,16?,19-,20+,34?/m0/s1. The van der Waals surface area contributed by atoms with E-state index in [9.17, 15) is 18.9 Å². The first-order valence-corrected chi connectivity index (χ1v) is 12.4. The summed E-state index contributed by atoms with van der Waals surface area (Å²) in [6, 6.07) is 8.70. The van der Waals surface area contributed by atoms with E-state index in [0.717, 1.165) is 0 Å². The van der Waals surface area contributed by atoms with E-state index in [1.807, 2.05) is 13.8 Å². The minimum Gasteiger partial charge on any atom is -0.468 e. The maximum absolute atomic E-state index is 13.7. The zero-order chi connectivity index (χ0) is 25.0. The Morgan fingerprint density at radius 2 is 1.82 bits per heavy atom. The van der Waals surface area contributed by atoms with Crippen molar-refractivity contribution in [2.45, 2.75) is 52.2 Å². The van der Waals surface area contributed by atoms with E-state index in [-0.39, 0.29) is 17.6 Å².